The van der Waals surface area contributed by atoms with Crippen molar-refractivity contribution in [3.63, 3.8) is 0 Å². The molecule has 0 saturated heterocycles. The third-order valence-electron chi connectivity index (χ3n) is 1.31. The lowest BCUT2D eigenvalue weighted by molar-refractivity contribution is -0.387. The molecule has 0 fully saturated rings. The highest BCUT2D eigenvalue weighted by Gasteiger charge is 2.12. The molecule has 0 saturated carbocycles. The van der Waals surface area contributed by atoms with E-state index in [2.05, 4.69) is 5.92 Å². The Bertz CT molecular complexity index is 368. The Morgan fingerprint density at radius 2 is 2.25 bits per heavy atom. The van der Waals surface area contributed by atoms with E-state index in [0.29, 0.717) is 0 Å². The minimum Gasteiger partial charge on any atom is -0.258 e. The van der Waals surface area contributed by atoms with Gasteiger partial charge in [0.15, 0.2) is 0 Å². The van der Waals surface area contributed by atoms with E-state index in [1.54, 1.807) is 0 Å². The van der Waals surface area contributed by atoms with Crippen molar-refractivity contribution in [2.45, 2.75) is 0 Å². The Labute approximate surface area is 68.0 Å². The van der Waals surface area contributed by atoms with Crippen molar-refractivity contribution in [2.24, 2.45) is 0 Å². The third kappa shape index (κ3) is 1.40. The van der Waals surface area contributed by atoms with Gasteiger partial charge in [-0.25, -0.2) is 0 Å². The molecule has 0 radical (unpaired) electrons. The normalized spacial score (nSPS) is 9.00. The van der Waals surface area contributed by atoms with E-state index >= 15 is 0 Å². The summed E-state index contributed by atoms with van der Waals surface area (Å²) in [6, 6.07) is 3.32. The van der Waals surface area contributed by atoms with E-state index in [0.717, 1.165) is 12.1 Å². The molecule has 12 heavy (non-hydrogen) atoms. The van der Waals surface area contributed by atoms with Gasteiger partial charge in [0.25, 0.3) is 0 Å². The summed E-state index contributed by atoms with van der Waals surface area (Å²) in [6.45, 7) is 0. The van der Waals surface area contributed by atoms with Gasteiger partial charge in [-0.1, -0.05) is 5.92 Å². The van der Waals surface area contributed by atoms with Crippen LogP contribution in [0.5, 0.6) is 0 Å². The van der Waals surface area contributed by atoms with E-state index in [1.807, 2.05) is 0 Å². The van der Waals surface area contributed by atoms with E-state index in [1.165, 1.54) is 6.07 Å². The molecule has 0 spiro atoms. The second kappa shape index (κ2) is 3.01. The summed E-state index contributed by atoms with van der Waals surface area (Å²) in [6.07, 6.45) is 4.96. The standard InChI is InChI=1S/C8H4FNO2/c1-2-6-3-4-8(10(11)12)7(9)5-6/h1,3-5H. The van der Waals surface area contributed by atoms with Gasteiger partial charge in [-0.2, -0.15) is 4.39 Å². The molecule has 0 heterocycles. The van der Waals surface area contributed by atoms with Crippen LogP contribution < -0.4 is 0 Å². The lowest BCUT2D eigenvalue weighted by atomic mass is 10.2. The topological polar surface area (TPSA) is 43.1 Å². The zero-order chi connectivity index (χ0) is 9.14. The fourth-order valence-corrected chi connectivity index (χ4v) is 0.745. The van der Waals surface area contributed by atoms with Crippen LogP contribution >= 0.6 is 0 Å². The highest BCUT2D eigenvalue weighted by atomic mass is 19.1. The first-order valence-electron chi connectivity index (χ1n) is 3.05. The Balaban J connectivity index is 3.23. The number of terminal acetylenes is 1. The molecule has 4 heteroatoms. The molecule has 0 N–H and O–H groups in total. The van der Waals surface area contributed by atoms with Crippen LogP contribution in [0.2, 0.25) is 0 Å². The first-order chi connectivity index (χ1) is 5.65. The number of nitro benzene ring substituents is 1. The van der Waals surface area contributed by atoms with Crippen LogP contribution in [0.15, 0.2) is 18.2 Å². The number of benzene rings is 1. The van der Waals surface area contributed by atoms with Gasteiger partial charge in [0.1, 0.15) is 0 Å². The smallest absolute Gasteiger partial charge is 0.258 e. The van der Waals surface area contributed by atoms with Crippen LogP contribution in [0.3, 0.4) is 0 Å². The maximum absolute atomic E-state index is 12.8. The van der Waals surface area contributed by atoms with Gasteiger partial charge >= 0.3 is 5.69 Å². The predicted octanol–water partition coefficient (Wildman–Crippen LogP) is 1.72. The van der Waals surface area contributed by atoms with Crippen LogP contribution in [-0.4, -0.2) is 4.92 Å². The summed E-state index contributed by atoms with van der Waals surface area (Å²) in [7, 11) is 0. The van der Waals surface area contributed by atoms with E-state index in [4.69, 9.17) is 6.42 Å². The minimum absolute atomic E-state index is 0.290. The highest BCUT2D eigenvalue weighted by molar-refractivity contribution is 5.41. The molecule has 1 rings (SSSR count). The van der Waals surface area contributed by atoms with Gasteiger partial charge in [-0.15, -0.1) is 6.42 Å². The monoisotopic (exact) mass is 165 g/mol. The average molecular weight is 165 g/mol. The molecule has 3 nitrogen and oxygen atoms in total. The SMILES string of the molecule is C#Cc1ccc([N+](=O)[O-])c(F)c1. The van der Waals surface area contributed by atoms with E-state index < -0.39 is 16.4 Å². The largest absolute Gasteiger partial charge is 0.304 e. The van der Waals surface area contributed by atoms with E-state index in [9.17, 15) is 14.5 Å². The van der Waals surface area contributed by atoms with Gasteiger partial charge < -0.3 is 0 Å². The summed E-state index contributed by atoms with van der Waals surface area (Å²) in [5.41, 5.74) is -0.271. The fraction of sp³-hybridized carbons (Fsp3) is 0. The Kier molecular flexibility index (Phi) is 2.06. The number of halogens is 1. The van der Waals surface area contributed by atoms with Crippen molar-refractivity contribution in [1.82, 2.24) is 0 Å². The first kappa shape index (κ1) is 8.21. The molecule has 1 aromatic rings. The van der Waals surface area contributed by atoms with E-state index in [-0.39, 0.29) is 5.56 Å². The Hall–Kier alpha value is -1.89. The molecule has 0 amide bonds. The number of nitrogens with zero attached hydrogens (tertiary/aromatic N) is 1. The van der Waals surface area contributed by atoms with Crippen molar-refractivity contribution in [1.29, 1.82) is 0 Å². The predicted molar refractivity (Wildman–Crippen MR) is 41.0 cm³/mol. The number of rotatable bonds is 1. The van der Waals surface area contributed by atoms with Crippen LogP contribution in [0, 0.1) is 28.3 Å². The van der Waals surface area contributed by atoms with Crippen molar-refractivity contribution in [3.8, 4) is 12.3 Å². The molecule has 0 aliphatic heterocycles. The molecular weight excluding hydrogens is 161 g/mol. The lowest BCUT2D eigenvalue weighted by Gasteiger charge is -1.93. The second-order valence-electron chi connectivity index (χ2n) is 2.07. The number of hydrogen-bond donors (Lipinski definition) is 0. The van der Waals surface area contributed by atoms with Crippen molar-refractivity contribution < 1.29 is 9.31 Å². The van der Waals surface area contributed by atoms with Gasteiger partial charge in [-0.05, 0) is 12.1 Å². The summed E-state index contributed by atoms with van der Waals surface area (Å²) >= 11 is 0. The van der Waals surface area contributed by atoms with Gasteiger partial charge in [0.2, 0.25) is 5.82 Å². The number of nitro groups is 1. The molecular formula is C8H4FNO2. The molecule has 0 aliphatic carbocycles. The van der Waals surface area contributed by atoms with Crippen molar-refractivity contribution >= 4 is 5.69 Å². The van der Waals surface area contributed by atoms with Crippen LogP contribution in [0.1, 0.15) is 5.56 Å². The fourth-order valence-electron chi connectivity index (χ4n) is 0.745. The second-order valence-corrected chi connectivity index (χ2v) is 2.07. The molecule has 0 unspecified atom stereocenters. The summed E-state index contributed by atoms with van der Waals surface area (Å²) in [5.74, 6) is 1.26. The van der Waals surface area contributed by atoms with Gasteiger partial charge in [-0.3, -0.25) is 10.1 Å². The lowest BCUT2D eigenvalue weighted by Crippen LogP contribution is -1.92. The van der Waals surface area contributed by atoms with Crippen molar-refractivity contribution in [2.75, 3.05) is 0 Å². The molecule has 0 bridgehead atoms. The molecule has 0 aliphatic rings. The highest BCUT2D eigenvalue weighted by Crippen LogP contribution is 2.17. The zero-order valence-corrected chi connectivity index (χ0v) is 5.95. The van der Waals surface area contributed by atoms with Gasteiger partial charge in [0, 0.05) is 11.6 Å². The maximum atomic E-state index is 12.8. The quantitative estimate of drug-likeness (QED) is 0.361. The molecule has 0 aromatic heterocycles. The van der Waals surface area contributed by atoms with Gasteiger partial charge in [0.05, 0.1) is 4.92 Å². The van der Waals surface area contributed by atoms with Crippen molar-refractivity contribution in [3.05, 3.63) is 39.7 Å². The molecule has 1 aromatic carbocycles. The summed E-state index contributed by atoms with van der Waals surface area (Å²) < 4.78 is 12.8. The first-order valence-corrected chi connectivity index (χ1v) is 3.05. The van der Waals surface area contributed by atoms with Crippen LogP contribution in [0.4, 0.5) is 10.1 Å². The minimum atomic E-state index is -0.907. The van der Waals surface area contributed by atoms with Crippen LogP contribution in [0.25, 0.3) is 0 Å². The Morgan fingerprint density at radius 3 is 2.67 bits per heavy atom. The summed E-state index contributed by atoms with van der Waals surface area (Å²) in [4.78, 5) is 9.34. The Morgan fingerprint density at radius 1 is 1.58 bits per heavy atom. The zero-order valence-electron chi connectivity index (χ0n) is 5.95. The molecule has 60 valence electrons. The number of hydrogen-bond acceptors (Lipinski definition) is 2. The third-order valence-corrected chi connectivity index (χ3v) is 1.31. The average Bonchev–Trinajstić information content (AvgIpc) is 2.03. The maximum Gasteiger partial charge on any atom is 0.304 e. The molecule has 0 atom stereocenters. The summed E-state index contributed by atoms with van der Waals surface area (Å²) in [5, 5.41) is 10.1. The van der Waals surface area contributed by atoms with Crippen LogP contribution in [-0.2, 0) is 0 Å².